The zero-order chi connectivity index (χ0) is 23.6. The van der Waals surface area contributed by atoms with Crippen molar-refractivity contribution in [3.8, 4) is 0 Å². The molecule has 31 heavy (non-hydrogen) atoms. The van der Waals surface area contributed by atoms with Gasteiger partial charge in [-0.15, -0.1) is 0 Å². The molecule has 0 fully saturated rings. The Morgan fingerprint density at radius 3 is 1.94 bits per heavy atom. The predicted molar refractivity (Wildman–Crippen MR) is 113 cm³/mol. The molecule has 170 valence electrons. The highest BCUT2D eigenvalue weighted by atomic mass is 16.4. The molecule has 10 heteroatoms. The van der Waals surface area contributed by atoms with E-state index < -0.39 is 54.1 Å². The van der Waals surface area contributed by atoms with E-state index in [1.165, 1.54) is 0 Å². The number of carbonyl (C=O) groups excluding carboxylic acids is 4. The molecule has 1 aromatic carbocycles. The van der Waals surface area contributed by atoms with Crippen LogP contribution in [0, 0.1) is 5.92 Å². The predicted octanol–water partition coefficient (Wildman–Crippen LogP) is -0.290. The summed E-state index contributed by atoms with van der Waals surface area (Å²) in [4.78, 5) is 59.7. The van der Waals surface area contributed by atoms with Crippen LogP contribution in [0.4, 0.5) is 0 Å². The second-order valence-corrected chi connectivity index (χ2v) is 7.69. The van der Waals surface area contributed by atoms with Gasteiger partial charge in [0.2, 0.25) is 23.6 Å². The van der Waals surface area contributed by atoms with Crippen LogP contribution in [0.15, 0.2) is 30.3 Å². The van der Waals surface area contributed by atoms with Crippen LogP contribution in [-0.2, 0) is 30.4 Å². The number of carboxylic acid groups (broad SMARTS) is 1. The Kier molecular flexibility index (Phi) is 10.2. The van der Waals surface area contributed by atoms with Crippen LogP contribution in [0.2, 0.25) is 0 Å². The number of nitrogens with two attached hydrogens (primary N) is 1. The highest BCUT2D eigenvalue weighted by Crippen LogP contribution is 2.08. The standard InChI is InChI=1S/C21H30N4O6/c1-12(2)9-15(19(22)29)24-20(30)16(10-14-7-5-4-6-8-14)25-21(31)17(11-18(27)28)23-13(3)26/h4-8,12,15-17H,9-11H2,1-3H3,(H2,22,29)(H,23,26)(H,24,30)(H,25,31)(H,27,28). The third-order valence-electron chi connectivity index (χ3n) is 4.36. The first-order valence-corrected chi connectivity index (χ1v) is 9.92. The van der Waals surface area contributed by atoms with Gasteiger partial charge in [0.1, 0.15) is 18.1 Å². The number of nitrogens with one attached hydrogen (secondary N) is 3. The molecule has 0 radical (unpaired) electrons. The minimum atomic E-state index is -1.36. The molecule has 0 saturated heterocycles. The summed E-state index contributed by atoms with van der Waals surface area (Å²) in [5.41, 5.74) is 6.12. The van der Waals surface area contributed by atoms with Gasteiger partial charge in [0, 0.05) is 13.3 Å². The van der Waals surface area contributed by atoms with E-state index in [0.29, 0.717) is 6.42 Å². The number of carbonyl (C=O) groups is 5. The lowest BCUT2D eigenvalue weighted by atomic mass is 10.0. The summed E-state index contributed by atoms with van der Waals surface area (Å²) < 4.78 is 0. The van der Waals surface area contributed by atoms with Gasteiger partial charge in [0.15, 0.2) is 0 Å². The third kappa shape index (κ3) is 9.75. The summed E-state index contributed by atoms with van der Waals surface area (Å²) >= 11 is 0. The third-order valence-corrected chi connectivity index (χ3v) is 4.36. The highest BCUT2D eigenvalue weighted by molar-refractivity contribution is 5.95. The first kappa shape index (κ1) is 25.6. The fraction of sp³-hybridized carbons (Fsp3) is 0.476. The number of benzene rings is 1. The van der Waals surface area contributed by atoms with E-state index in [1.54, 1.807) is 30.3 Å². The molecule has 3 atom stereocenters. The lowest BCUT2D eigenvalue weighted by molar-refractivity contribution is -0.141. The van der Waals surface area contributed by atoms with Gasteiger partial charge in [-0.25, -0.2) is 0 Å². The van der Waals surface area contributed by atoms with Crippen LogP contribution in [0.1, 0.15) is 39.2 Å². The van der Waals surface area contributed by atoms with E-state index >= 15 is 0 Å². The Balaban J connectivity index is 3.07. The molecule has 6 N–H and O–H groups in total. The molecule has 3 unspecified atom stereocenters. The first-order valence-electron chi connectivity index (χ1n) is 9.92. The lowest BCUT2D eigenvalue weighted by Crippen LogP contribution is -2.57. The second-order valence-electron chi connectivity index (χ2n) is 7.69. The van der Waals surface area contributed by atoms with E-state index in [4.69, 9.17) is 10.8 Å². The Morgan fingerprint density at radius 2 is 1.45 bits per heavy atom. The van der Waals surface area contributed by atoms with E-state index in [1.807, 2.05) is 13.8 Å². The fourth-order valence-electron chi connectivity index (χ4n) is 2.95. The number of hydrogen-bond acceptors (Lipinski definition) is 5. The monoisotopic (exact) mass is 434 g/mol. The lowest BCUT2D eigenvalue weighted by Gasteiger charge is -2.25. The summed E-state index contributed by atoms with van der Waals surface area (Å²) in [6, 6.07) is 5.44. The van der Waals surface area contributed by atoms with Gasteiger partial charge in [0.25, 0.3) is 0 Å². The molecular formula is C21H30N4O6. The first-order chi connectivity index (χ1) is 14.5. The van der Waals surface area contributed by atoms with Crippen molar-refractivity contribution in [2.75, 3.05) is 0 Å². The second kappa shape index (κ2) is 12.3. The molecule has 0 heterocycles. The molecule has 0 saturated carbocycles. The Bertz CT molecular complexity index is 780. The van der Waals surface area contributed by atoms with Gasteiger partial charge in [0.05, 0.1) is 6.42 Å². The molecule has 0 aliphatic rings. The zero-order valence-corrected chi connectivity index (χ0v) is 17.9. The SMILES string of the molecule is CC(=O)NC(CC(=O)O)C(=O)NC(Cc1ccccc1)C(=O)NC(CC(C)C)C(N)=O. The number of primary amides is 1. The number of rotatable bonds is 12. The van der Waals surface area contributed by atoms with Crippen LogP contribution in [-0.4, -0.2) is 52.8 Å². The maximum atomic E-state index is 12.9. The summed E-state index contributed by atoms with van der Waals surface area (Å²) in [5, 5.41) is 16.3. The molecule has 0 bridgehead atoms. The molecule has 1 rings (SSSR count). The molecule has 0 aliphatic heterocycles. The Labute approximate surface area is 180 Å². The van der Waals surface area contributed by atoms with Crippen molar-refractivity contribution in [3.63, 3.8) is 0 Å². The summed E-state index contributed by atoms with van der Waals surface area (Å²) in [7, 11) is 0. The molecule has 4 amide bonds. The van der Waals surface area contributed by atoms with Crippen molar-refractivity contribution in [1.29, 1.82) is 0 Å². The fourth-order valence-corrected chi connectivity index (χ4v) is 2.95. The van der Waals surface area contributed by atoms with Crippen LogP contribution in [0.25, 0.3) is 0 Å². The van der Waals surface area contributed by atoms with Gasteiger partial charge in [-0.1, -0.05) is 44.2 Å². The summed E-state index contributed by atoms with van der Waals surface area (Å²) in [5.74, 6) is -3.96. The van der Waals surface area contributed by atoms with Gasteiger partial charge < -0.3 is 26.8 Å². The summed E-state index contributed by atoms with van der Waals surface area (Å²) in [6.07, 6.45) is -0.242. The van der Waals surface area contributed by atoms with E-state index in [2.05, 4.69) is 16.0 Å². The Hall–Kier alpha value is -3.43. The molecule has 0 aromatic heterocycles. The van der Waals surface area contributed by atoms with Crippen LogP contribution < -0.4 is 21.7 Å². The molecule has 0 aliphatic carbocycles. The topological polar surface area (TPSA) is 168 Å². The zero-order valence-electron chi connectivity index (χ0n) is 17.9. The Morgan fingerprint density at radius 1 is 0.903 bits per heavy atom. The number of hydrogen-bond donors (Lipinski definition) is 5. The molecule has 10 nitrogen and oxygen atoms in total. The number of amides is 4. The van der Waals surface area contributed by atoms with Crippen molar-refractivity contribution in [1.82, 2.24) is 16.0 Å². The van der Waals surface area contributed by atoms with Crippen LogP contribution in [0.3, 0.4) is 0 Å². The van der Waals surface area contributed by atoms with E-state index in [-0.39, 0.29) is 12.3 Å². The number of aliphatic carboxylic acids is 1. The normalized spacial score (nSPS) is 13.5. The smallest absolute Gasteiger partial charge is 0.305 e. The van der Waals surface area contributed by atoms with Crippen molar-refractivity contribution in [2.24, 2.45) is 11.7 Å². The van der Waals surface area contributed by atoms with Gasteiger partial charge in [-0.05, 0) is 17.9 Å². The van der Waals surface area contributed by atoms with Crippen LogP contribution >= 0.6 is 0 Å². The minimum Gasteiger partial charge on any atom is -0.481 e. The quantitative estimate of drug-likeness (QED) is 0.303. The van der Waals surface area contributed by atoms with Gasteiger partial charge in [-0.2, -0.15) is 0 Å². The maximum Gasteiger partial charge on any atom is 0.305 e. The van der Waals surface area contributed by atoms with Crippen molar-refractivity contribution < 1.29 is 29.1 Å². The van der Waals surface area contributed by atoms with Crippen molar-refractivity contribution in [3.05, 3.63) is 35.9 Å². The van der Waals surface area contributed by atoms with Crippen LogP contribution in [0.5, 0.6) is 0 Å². The van der Waals surface area contributed by atoms with Gasteiger partial charge >= 0.3 is 5.97 Å². The van der Waals surface area contributed by atoms with E-state index in [0.717, 1.165) is 12.5 Å². The van der Waals surface area contributed by atoms with Crippen molar-refractivity contribution >= 4 is 29.6 Å². The highest BCUT2D eigenvalue weighted by Gasteiger charge is 2.30. The maximum absolute atomic E-state index is 12.9. The molecule has 1 aromatic rings. The molecule has 0 spiro atoms. The summed E-state index contributed by atoms with van der Waals surface area (Å²) in [6.45, 7) is 4.89. The molecular weight excluding hydrogens is 404 g/mol. The average molecular weight is 434 g/mol. The number of carboxylic acids is 1. The van der Waals surface area contributed by atoms with E-state index in [9.17, 15) is 24.0 Å². The minimum absolute atomic E-state index is 0.0830. The van der Waals surface area contributed by atoms with Crippen molar-refractivity contribution in [2.45, 2.75) is 58.2 Å². The largest absolute Gasteiger partial charge is 0.481 e. The average Bonchev–Trinajstić information content (AvgIpc) is 2.65. The van der Waals surface area contributed by atoms with Gasteiger partial charge in [-0.3, -0.25) is 24.0 Å².